The molecule has 18 heavy (non-hydrogen) atoms. The fraction of sp³-hybridized carbons (Fsp3) is 0.333. The first-order chi connectivity index (χ1) is 8.45. The normalized spacial score (nSPS) is 11.9. The monoisotopic (exact) mass is 381 g/mol. The molecule has 0 unspecified atom stereocenters. The molecule has 0 aliphatic rings. The molecule has 98 valence electrons. The highest BCUT2D eigenvalue weighted by molar-refractivity contribution is 14.1. The molecule has 1 aromatic carbocycles. The Bertz CT molecular complexity index is 465. The molecule has 4 nitrogen and oxygen atoms in total. The maximum Gasteiger partial charge on any atom is 0.326 e. The summed E-state index contributed by atoms with van der Waals surface area (Å²) in [6.45, 7) is 1.87. The van der Waals surface area contributed by atoms with Gasteiger partial charge in [0, 0.05) is 8.59 Å². The van der Waals surface area contributed by atoms with Gasteiger partial charge in [-0.3, -0.25) is 4.79 Å². The molecule has 0 saturated carbocycles. The number of nitrogens with one attached hydrogen (secondary N) is 1. The lowest BCUT2D eigenvalue weighted by Crippen LogP contribution is -2.40. The van der Waals surface area contributed by atoms with Crippen LogP contribution in [-0.2, 0) is 4.79 Å². The average molecular weight is 382 g/mol. The summed E-state index contributed by atoms with van der Waals surface area (Å²) in [4.78, 5) is 22.9. The number of halogens is 2. The first-order valence-electron chi connectivity index (χ1n) is 5.44. The van der Waals surface area contributed by atoms with Crippen LogP contribution in [0.2, 0.25) is 5.02 Å². The van der Waals surface area contributed by atoms with E-state index in [1.807, 2.05) is 29.5 Å². The molecule has 0 aromatic heterocycles. The number of carboxylic acids is 1. The highest BCUT2D eigenvalue weighted by atomic mass is 127. The molecule has 0 saturated heterocycles. The second-order valence-corrected chi connectivity index (χ2v) is 5.38. The maximum atomic E-state index is 12.0. The van der Waals surface area contributed by atoms with Crippen LogP contribution >= 0.6 is 34.2 Å². The van der Waals surface area contributed by atoms with Gasteiger partial charge in [0.05, 0.1) is 5.56 Å². The number of aliphatic carboxylic acids is 1. The van der Waals surface area contributed by atoms with Crippen LogP contribution in [0.3, 0.4) is 0 Å². The van der Waals surface area contributed by atoms with E-state index in [4.69, 9.17) is 16.7 Å². The van der Waals surface area contributed by atoms with Crippen molar-refractivity contribution in [3.63, 3.8) is 0 Å². The zero-order chi connectivity index (χ0) is 13.7. The topological polar surface area (TPSA) is 66.4 Å². The molecule has 1 aromatic rings. The Hall–Kier alpha value is -0.820. The van der Waals surface area contributed by atoms with Crippen molar-refractivity contribution in [2.45, 2.75) is 25.8 Å². The van der Waals surface area contributed by atoms with E-state index in [-0.39, 0.29) is 0 Å². The number of rotatable bonds is 5. The Labute approximate surface area is 124 Å². The van der Waals surface area contributed by atoms with Crippen molar-refractivity contribution in [3.8, 4) is 0 Å². The first-order valence-corrected chi connectivity index (χ1v) is 6.90. The zero-order valence-corrected chi connectivity index (χ0v) is 12.7. The van der Waals surface area contributed by atoms with E-state index in [1.165, 1.54) is 6.07 Å². The minimum atomic E-state index is -1.03. The Balaban J connectivity index is 2.86. The van der Waals surface area contributed by atoms with Crippen molar-refractivity contribution >= 4 is 46.1 Å². The first kappa shape index (κ1) is 15.2. The van der Waals surface area contributed by atoms with E-state index in [0.717, 1.165) is 3.57 Å². The standard InChI is InChI=1S/C12H13ClINO3/c1-2-3-10(12(17)18)15-11(16)8-6-7(13)4-5-9(8)14/h4-6,10H,2-3H2,1H3,(H,15,16)(H,17,18)/t10-/m1/s1. The van der Waals surface area contributed by atoms with Gasteiger partial charge >= 0.3 is 5.97 Å². The molecule has 0 spiro atoms. The SMILES string of the molecule is CCC[C@@H](NC(=O)c1cc(Cl)ccc1I)C(=O)O. The number of hydrogen-bond donors (Lipinski definition) is 2. The van der Waals surface area contributed by atoms with Crippen molar-refractivity contribution < 1.29 is 14.7 Å². The minimum Gasteiger partial charge on any atom is -0.480 e. The highest BCUT2D eigenvalue weighted by Gasteiger charge is 2.20. The number of amides is 1. The number of carbonyl (C=O) groups excluding carboxylic acids is 1. The molecule has 1 amide bonds. The van der Waals surface area contributed by atoms with Gasteiger partial charge in [-0.1, -0.05) is 24.9 Å². The second kappa shape index (κ2) is 6.94. The molecular weight excluding hydrogens is 368 g/mol. The molecule has 0 fully saturated rings. The number of benzene rings is 1. The summed E-state index contributed by atoms with van der Waals surface area (Å²) in [5.41, 5.74) is 0.394. The molecule has 1 rings (SSSR count). The predicted molar refractivity (Wildman–Crippen MR) is 78.0 cm³/mol. The average Bonchev–Trinajstić information content (AvgIpc) is 2.31. The molecule has 1 atom stereocenters. The lowest BCUT2D eigenvalue weighted by atomic mass is 10.1. The predicted octanol–water partition coefficient (Wildman–Crippen LogP) is 2.93. The largest absolute Gasteiger partial charge is 0.480 e. The fourth-order valence-electron chi connectivity index (χ4n) is 1.45. The molecule has 0 aliphatic carbocycles. The number of hydrogen-bond acceptors (Lipinski definition) is 2. The van der Waals surface area contributed by atoms with Crippen LogP contribution in [0.15, 0.2) is 18.2 Å². The Morgan fingerprint density at radius 2 is 2.17 bits per heavy atom. The zero-order valence-electron chi connectivity index (χ0n) is 9.74. The summed E-state index contributed by atoms with van der Waals surface area (Å²) < 4.78 is 0.732. The molecule has 2 N–H and O–H groups in total. The third kappa shape index (κ3) is 4.13. The Morgan fingerprint density at radius 3 is 2.72 bits per heavy atom. The minimum absolute atomic E-state index is 0.394. The number of carboxylic acid groups (broad SMARTS) is 1. The van der Waals surface area contributed by atoms with Crippen molar-refractivity contribution in [2.75, 3.05) is 0 Å². The third-order valence-corrected chi connectivity index (χ3v) is 3.53. The summed E-state index contributed by atoms with van der Waals surface area (Å²) in [5, 5.41) is 11.9. The van der Waals surface area contributed by atoms with E-state index >= 15 is 0 Å². The van der Waals surface area contributed by atoms with Crippen LogP contribution in [0.25, 0.3) is 0 Å². The second-order valence-electron chi connectivity index (χ2n) is 3.78. The molecule has 0 heterocycles. The van der Waals surface area contributed by atoms with Crippen LogP contribution < -0.4 is 5.32 Å². The van der Waals surface area contributed by atoms with Gasteiger partial charge in [0.2, 0.25) is 0 Å². The number of carbonyl (C=O) groups is 2. The van der Waals surface area contributed by atoms with E-state index in [0.29, 0.717) is 23.4 Å². The smallest absolute Gasteiger partial charge is 0.326 e. The van der Waals surface area contributed by atoms with Crippen molar-refractivity contribution in [2.24, 2.45) is 0 Å². The summed E-state index contributed by atoms with van der Waals surface area (Å²) in [7, 11) is 0. The van der Waals surface area contributed by atoms with Crippen molar-refractivity contribution in [3.05, 3.63) is 32.4 Å². The quantitative estimate of drug-likeness (QED) is 0.771. The van der Waals surface area contributed by atoms with E-state index in [9.17, 15) is 9.59 Å². The van der Waals surface area contributed by atoms with Gasteiger partial charge in [-0.25, -0.2) is 4.79 Å². The van der Waals surface area contributed by atoms with Gasteiger partial charge in [-0.15, -0.1) is 0 Å². The van der Waals surface area contributed by atoms with Crippen molar-refractivity contribution in [1.29, 1.82) is 0 Å². The van der Waals surface area contributed by atoms with Crippen LogP contribution in [-0.4, -0.2) is 23.0 Å². The molecule has 0 bridgehead atoms. The van der Waals surface area contributed by atoms with Gasteiger partial charge in [-0.2, -0.15) is 0 Å². The lowest BCUT2D eigenvalue weighted by Gasteiger charge is -2.14. The summed E-state index contributed by atoms with van der Waals surface area (Å²) in [5.74, 6) is -1.44. The van der Waals surface area contributed by atoms with Gasteiger partial charge in [0.25, 0.3) is 5.91 Å². The Kier molecular flexibility index (Phi) is 5.87. The van der Waals surface area contributed by atoms with Gasteiger partial charge in [-0.05, 0) is 47.2 Å². The van der Waals surface area contributed by atoms with Crippen LogP contribution in [0, 0.1) is 3.57 Å². The fourth-order valence-corrected chi connectivity index (χ4v) is 2.21. The van der Waals surface area contributed by atoms with Crippen LogP contribution in [0.5, 0.6) is 0 Å². The van der Waals surface area contributed by atoms with E-state index < -0.39 is 17.9 Å². The molecule has 0 radical (unpaired) electrons. The molecule has 6 heteroatoms. The van der Waals surface area contributed by atoms with E-state index in [1.54, 1.807) is 12.1 Å². The maximum absolute atomic E-state index is 12.0. The summed E-state index contributed by atoms with van der Waals surface area (Å²) in [6, 6.07) is 4.06. The summed E-state index contributed by atoms with van der Waals surface area (Å²) >= 11 is 7.83. The van der Waals surface area contributed by atoms with Crippen LogP contribution in [0.1, 0.15) is 30.1 Å². The van der Waals surface area contributed by atoms with Gasteiger partial charge < -0.3 is 10.4 Å². The lowest BCUT2D eigenvalue weighted by molar-refractivity contribution is -0.139. The van der Waals surface area contributed by atoms with E-state index in [2.05, 4.69) is 5.32 Å². The van der Waals surface area contributed by atoms with Crippen molar-refractivity contribution in [1.82, 2.24) is 5.32 Å². The summed E-state index contributed by atoms with van der Waals surface area (Å²) in [6.07, 6.45) is 1.09. The Morgan fingerprint density at radius 1 is 1.50 bits per heavy atom. The van der Waals surface area contributed by atoms with Gasteiger partial charge in [0.1, 0.15) is 6.04 Å². The van der Waals surface area contributed by atoms with Gasteiger partial charge in [0.15, 0.2) is 0 Å². The van der Waals surface area contributed by atoms with Crippen LogP contribution in [0.4, 0.5) is 0 Å². The molecule has 0 aliphatic heterocycles. The highest BCUT2D eigenvalue weighted by Crippen LogP contribution is 2.18. The molecular formula is C12H13ClINO3. The third-order valence-electron chi connectivity index (χ3n) is 2.35.